The second kappa shape index (κ2) is 9.02. The summed E-state index contributed by atoms with van der Waals surface area (Å²) in [5, 5.41) is 12.1. The van der Waals surface area contributed by atoms with E-state index in [1.165, 1.54) is 0 Å². The number of carbonyl (C=O) groups excluding carboxylic acids is 1. The van der Waals surface area contributed by atoms with Gasteiger partial charge in [0, 0.05) is 5.69 Å². The molecule has 25 heavy (non-hydrogen) atoms. The summed E-state index contributed by atoms with van der Waals surface area (Å²) in [6.45, 7) is 4.42. The van der Waals surface area contributed by atoms with Crippen molar-refractivity contribution in [3.8, 4) is 11.8 Å². The van der Waals surface area contributed by atoms with Gasteiger partial charge in [-0.25, -0.2) is 0 Å². The molecule has 0 radical (unpaired) electrons. The van der Waals surface area contributed by atoms with Crippen molar-refractivity contribution in [2.45, 2.75) is 13.8 Å². The molecule has 0 fully saturated rings. The molecule has 0 unspecified atom stereocenters. The number of benzene rings is 2. The Kier molecular flexibility index (Phi) is 7.02. The van der Waals surface area contributed by atoms with E-state index in [1.807, 2.05) is 50.2 Å². The van der Waals surface area contributed by atoms with Crippen LogP contribution in [0.4, 0.5) is 5.69 Å². The Bertz CT molecular complexity index is 849. The average molecular weight is 511 g/mol. The number of anilines is 1. The molecule has 0 atom stereocenters. The van der Waals surface area contributed by atoms with E-state index < -0.39 is 5.91 Å². The van der Waals surface area contributed by atoms with Crippen molar-refractivity contribution in [1.82, 2.24) is 0 Å². The minimum Gasteiger partial charge on any atom is -0.492 e. The summed E-state index contributed by atoms with van der Waals surface area (Å²) in [6.07, 6.45) is 1.56. The Morgan fingerprint density at radius 1 is 1.40 bits per heavy atom. The molecule has 0 aliphatic heterocycles. The zero-order chi connectivity index (χ0) is 18.4. The fourth-order valence-electron chi connectivity index (χ4n) is 2.18. The monoisotopic (exact) mass is 510 g/mol. The predicted molar refractivity (Wildman–Crippen MR) is 111 cm³/mol. The van der Waals surface area contributed by atoms with Gasteiger partial charge in [-0.3, -0.25) is 4.79 Å². The van der Waals surface area contributed by atoms with E-state index in [4.69, 9.17) is 4.74 Å². The number of nitrogens with zero attached hydrogens (tertiary/aromatic N) is 1. The molecule has 0 aliphatic carbocycles. The van der Waals surface area contributed by atoms with Crippen molar-refractivity contribution in [1.29, 1.82) is 5.26 Å². The zero-order valence-electron chi connectivity index (χ0n) is 13.8. The molecule has 0 saturated heterocycles. The van der Waals surface area contributed by atoms with E-state index >= 15 is 0 Å². The molecule has 0 saturated carbocycles. The van der Waals surface area contributed by atoms with Crippen molar-refractivity contribution in [2.24, 2.45) is 0 Å². The van der Waals surface area contributed by atoms with E-state index in [-0.39, 0.29) is 5.57 Å². The molecule has 1 N–H and O–H groups in total. The Balaban J connectivity index is 2.28. The molecular formula is C19H16BrIN2O2. The first-order valence-corrected chi connectivity index (χ1v) is 9.43. The van der Waals surface area contributed by atoms with Gasteiger partial charge in [-0.1, -0.05) is 12.1 Å². The molecular weight excluding hydrogens is 495 g/mol. The summed E-state index contributed by atoms with van der Waals surface area (Å²) in [4.78, 5) is 12.4. The smallest absolute Gasteiger partial charge is 0.266 e. The van der Waals surface area contributed by atoms with E-state index in [9.17, 15) is 10.1 Å². The van der Waals surface area contributed by atoms with Crippen molar-refractivity contribution in [3.63, 3.8) is 0 Å². The molecule has 2 aromatic rings. The summed E-state index contributed by atoms with van der Waals surface area (Å²) < 4.78 is 7.25. The van der Waals surface area contributed by atoms with Gasteiger partial charge in [0.05, 0.1) is 14.6 Å². The largest absolute Gasteiger partial charge is 0.492 e. The normalized spacial score (nSPS) is 10.9. The molecule has 0 heterocycles. The third-order valence-electron chi connectivity index (χ3n) is 3.26. The van der Waals surface area contributed by atoms with Gasteiger partial charge < -0.3 is 10.1 Å². The highest BCUT2D eigenvalue weighted by atomic mass is 127. The number of ether oxygens (including phenoxy) is 1. The van der Waals surface area contributed by atoms with Crippen LogP contribution in [0.2, 0.25) is 0 Å². The molecule has 2 aromatic carbocycles. The van der Waals surface area contributed by atoms with Gasteiger partial charge in [0.1, 0.15) is 17.4 Å². The zero-order valence-corrected chi connectivity index (χ0v) is 17.5. The van der Waals surface area contributed by atoms with Crippen LogP contribution in [-0.4, -0.2) is 12.5 Å². The van der Waals surface area contributed by atoms with Crippen LogP contribution >= 0.6 is 38.5 Å². The third-order valence-corrected chi connectivity index (χ3v) is 4.65. The van der Waals surface area contributed by atoms with Crippen LogP contribution in [0.3, 0.4) is 0 Å². The van der Waals surface area contributed by atoms with Crippen LogP contribution in [0.25, 0.3) is 6.08 Å². The number of aryl methyl sites for hydroxylation is 1. The van der Waals surface area contributed by atoms with Gasteiger partial charge in [-0.05, 0) is 93.8 Å². The Morgan fingerprint density at radius 3 is 2.76 bits per heavy atom. The van der Waals surface area contributed by atoms with Crippen molar-refractivity contribution < 1.29 is 9.53 Å². The fourth-order valence-corrected chi connectivity index (χ4v) is 3.95. The number of carbonyl (C=O) groups is 1. The Labute approximate surface area is 169 Å². The number of nitrogens with one attached hydrogen (secondary N) is 1. The lowest BCUT2D eigenvalue weighted by molar-refractivity contribution is -0.112. The minimum absolute atomic E-state index is 0.0355. The average Bonchev–Trinajstić information content (AvgIpc) is 2.56. The van der Waals surface area contributed by atoms with Gasteiger partial charge in [-0.2, -0.15) is 5.26 Å². The Hall–Kier alpha value is -1.85. The lowest BCUT2D eigenvalue weighted by atomic mass is 10.1. The van der Waals surface area contributed by atoms with Crippen LogP contribution in [0.1, 0.15) is 18.1 Å². The number of hydrogen-bond acceptors (Lipinski definition) is 3. The summed E-state index contributed by atoms with van der Waals surface area (Å²) in [5.74, 6) is 0.316. The molecule has 128 valence electrons. The Morgan fingerprint density at radius 2 is 2.16 bits per heavy atom. The van der Waals surface area contributed by atoms with Crippen LogP contribution in [-0.2, 0) is 4.79 Å². The molecule has 1 amide bonds. The minimum atomic E-state index is -0.437. The lowest BCUT2D eigenvalue weighted by Gasteiger charge is -2.10. The fraction of sp³-hybridized carbons (Fsp3) is 0.158. The maximum Gasteiger partial charge on any atom is 0.266 e. The summed E-state index contributed by atoms with van der Waals surface area (Å²) in [7, 11) is 0. The maximum atomic E-state index is 12.4. The molecule has 2 rings (SSSR count). The quantitative estimate of drug-likeness (QED) is 0.337. The second-order valence-corrected chi connectivity index (χ2v) is 7.26. The lowest BCUT2D eigenvalue weighted by Crippen LogP contribution is -2.13. The first kappa shape index (κ1) is 19.5. The summed E-state index contributed by atoms with van der Waals surface area (Å²) >= 11 is 5.63. The van der Waals surface area contributed by atoms with Gasteiger partial charge in [0.2, 0.25) is 0 Å². The van der Waals surface area contributed by atoms with Gasteiger partial charge in [0.15, 0.2) is 0 Å². The SMILES string of the molecule is CCOc1c(Br)cc(/C=C(/C#N)C(=O)Nc2cccc(C)c2)cc1I. The molecule has 0 spiro atoms. The van der Waals surface area contributed by atoms with Crippen LogP contribution in [0.15, 0.2) is 46.4 Å². The number of nitriles is 1. The highest BCUT2D eigenvalue weighted by Crippen LogP contribution is 2.32. The van der Waals surface area contributed by atoms with E-state index in [1.54, 1.807) is 12.1 Å². The van der Waals surface area contributed by atoms with E-state index in [0.717, 1.165) is 24.9 Å². The van der Waals surface area contributed by atoms with Crippen LogP contribution in [0.5, 0.6) is 5.75 Å². The molecule has 0 aromatic heterocycles. The highest BCUT2D eigenvalue weighted by molar-refractivity contribution is 14.1. The van der Waals surface area contributed by atoms with Gasteiger partial charge in [0.25, 0.3) is 5.91 Å². The van der Waals surface area contributed by atoms with Crippen molar-refractivity contribution in [3.05, 3.63) is 61.1 Å². The molecule has 0 aliphatic rings. The number of halogens is 2. The summed E-state index contributed by atoms with van der Waals surface area (Å²) in [6, 6.07) is 13.1. The third kappa shape index (κ3) is 5.31. The topological polar surface area (TPSA) is 62.1 Å². The number of hydrogen-bond donors (Lipinski definition) is 1. The van der Waals surface area contributed by atoms with E-state index in [0.29, 0.717) is 12.3 Å². The first-order chi connectivity index (χ1) is 11.9. The molecule has 6 heteroatoms. The predicted octanol–water partition coefficient (Wildman–Crippen LogP) is 5.31. The molecule has 0 bridgehead atoms. The highest BCUT2D eigenvalue weighted by Gasteiger charge is 2.12. The first-order valence-electron chi connectivity index (χ1n) is 7.56. The maximum absolute atomic E-state index is 12.4. The van der Waals surface area contributed by atoms with E-state index in [2.05, 4.69) is 43.8 Å². The molecule has 4 nitrogen and oxygen atoms in total. The number of amides is 1. The second-order valence-electron chi connectivity index (χ2n) is 5.24. The van der Waals surface area contributed by atoms with Gasteiger partial charge >= 0.3 is 0 Å². The summed E-state index contributed by atoms with van der Waals surface area (Å²) in [5.41, 5.74) is 2.47. The van der Waals surface area contributed by atoms with Crippen molar-refractivity contribution >= 4 is 56.2 Å². The van der Waals surface area contributed by atoms with Crippen molar-refractivity contribution in [2.75, 3.05) is 11.9 Å². The van der Waals surface area contributed by atoms with Crippen LogP contribution < -0.4 is 10.1 Å². The number of rotatable bonds is 5. The van der Waals surface area contributed by atoms with Crippen LogP contribution in [0, 0.1) is 21.8 Å². The van der Waals surface area contributed by atoms with Gasteiger partial charge in [-0.15, -0.1) is 0 Å². The standard InChI is InChI=1S/C19H16BrIN2O2/c1-3-25-18-16(20)9-13(10-17(18)21)8-14(11-22)19(24)23-15-6-4-5-12(2)7-15/h4-10H,3H2,1-2H3,(H,23,24)/b14-8-.